The van der Waals surface area contributed by atoms with E-state index in [4.69, 9.17) is 0 Å². The molecule has 1 fully saturated rings. The van der Waals surface area contributed by atoms with Crippen LogP contribution >= 0.6 is 0 Å². The molecule has 1 aliphatic carbocycles. The third kappa shape index (κ3) is 3.19. The average molecular weight is 255 g/mol. The Morgan fingerprint density at radius 2 is 2.00 bits per heavy atom. The van der Waals surface area contributed by atoms with E-state index in [2.05, 4.69) is 57.0 Å². The molecule has 1 saturated carbocycles. The van der Waals surface area contributed by atoms with Gasteiger partial charge in [-0.3, -0.25) is 0 Å². The van der Waals surface area contributed by atoms with Gasteiger partial charge in [-0.2, -0.15) is 10.1 Å². The minimum absolute atomic E-state index is 0.529. The number of aromatic nitrogens is 3. The van der Waals surface area contributed by atoms with Crippen LogP contribution in [0.4, 0.5) is 17.5 Å². The van der Waals surface area contributed by atoms with Crippen LogP contribution < -0.4 is 10.6 Å². The largest absolute Gasteiger partial charge is 0.350 e. The number of hydrogen-bond acceptors (Lipinski definition) is 5. The van der Waals surface area contributed by atoms with E-state index in [1.807, 2.05) is 0 Å². The zero-order valence-electron chi connectivity index (χ0n) is 10.9. The van der Waals surface area contributed by atoms with Crippen LogP contribution in [0.3, 0.4) is 0 Å². The molecule has 5 heteroatoms. The van der Waals surface area contributed by atoms with Gasteiger partial charge < -0.3 is 10.6 Å². The van der Waals surface area contributed by atoms with E-state index in [9.17, 15) is 0 Å². The van der Waals surface area contributed by atoms with Crippen molar-refractivity contribution in [1.82, 2.24) is 15.2 Å². The fraction of sp³-hybridized carbons (Fsp3) is 0.357. The van der Waals surface area contributed by atoms with Gasteiger partial charge in [-0.05, 0) is 37.0 Å². The number of rotatable bonds is 5. The number of aryl methyl sites for hydroxylation is 1. The average Bonchev–Trinajstić information content (AvgIpc) is 3.24. The highest BCUT2D eigenvalue weighted by Crippen LogP contribution is 2.23. The first-order valence-electron chi connectivity index (χ1n) is 6.65. The van der Waals surface area contributed by atoms with E-state index < -0.39 is 0 Å². The van der Waals surface area contributed by atoms with Gasteiger partial charge in [0.05, 0.1) is 6.20 Å². The molecule has 19 heavy (non-hydrogen) atoms. The molecule has 0 radical (unpaired) electrons. The van der Waals surface area contributed by atoms with Gasteiger partial charge in [-0.25, -0.2) is 0 Å². The van der Waals surface area contributed by atoms with Crippen molar-refractivity contribution in [1.29, 1.82) is 0 Å². The zero-order valence-corrected chi connectivity index (χ0v) is 10.9. The molecule has 0 atom stereocenters. The number of hydrogen-bond donors (Lipinski definition) is 2. The van der Waals surface area contributed by atoms with Gasteiger partial charge in [0.1, 0.15) is 0 Å². The SMILES string of the molecule is CCc1ccc(Nc2cnnc(NC3CC3)n2)cc1. The van der Waals surface area contributed by atoms with E-state index in [0.29, 0.717) is 17.8 Å². The van der Waals surface area contributed by atoms with Crippen molar-refractivity contribution in [3.05, 3.63) is 36.0 Å². The lowest BCUT2D eigenvalue weighted by Crippen LogP contribution is -2.07. The van der Waals surface area contributed by atoms with E-state index >= 15 is 0 Å². The molecule has 3 rings (SSSR count). The predicted octanol–water partition coefficient (Wildman–Crippen LogP) is 2.75. The van der Waals surface area contributed by atoms with E-state index in [0.717, 1.165) is 12.1 Å². The molecule has 0 unspecified atom stereocenters. The second-order valence-corrected chi connectivity index (χ2v) is 4.76. The van der Waals surface area contributed by atoms with Gasteiger partial charge in [-0.1, -0.05) is 19.1 Å². The maximum absolute atomic E-state index is 4.39. The van der Waals surface area contributed by atoms with Crippen molar-refractivity contribution >= 4 is 17.5 Å². The molecule has 2 aromatic rings. The van der Waals surface area contributed by atoms with Crippen LogP contribution in [0, 0.1) is 0 Å². The van der Waals surface area contributed by atoms with Gasteiger partial charge in [0.25, 0.3) is 0 Å². The molecule has 0 spiro atoms. The second kappa shape index (κ2) is 5.22. The third-order valence-electron chi connectivity index (χ3n) is 3.10. The second-order valence-electron chi connectivity index (χ2n) is 4.76. The summed E-state index contributed by atoms with van der Waals surface area (Å²) in [6.45, 7) is 2.15. The van der Waals surface area contributed by atoms with Crippen LogP contribution in [-0.2, 0) is 6.42 Å². The summed E-state index contributed by atoms with van der Waals surface area (Å²) >= 11 is 0. The molecule has 98 valence electrons. The summed E-state index contributed by atoms with van der Waals surface area (Å²) < 4.78 is 0. The Balaban J connectivity index is 1.70. The molecule has 1 aliphatic rings. The van der Waals surface area contributed by atoms with Crippen LogP contribution in [0.15, 0.2) is 30.5 Å². The number of benzene rings is 1. The molecule has 1 aromatic carbocycles. The monoisotopic (exact) mass is 255 g/mol. The highest BCUT2D eigenvalue weighted by Gasteiger charge is 2.22. The molecular weight excluding hydrogens is 238 g/mol. The highest BCUT2D eigenvalue weighted by molar-refractivity contribution is 5.56. The molecule has 2 N–H and O–H groups in total. The maximum atomic E-state index is 4.39. The van der Waals surface area contributed by atoms with Crippen molar-refractivity contribution in [3.8, 4) is 0 Å². The summed E-state index contributed by atoms with van der Waals surface area (Å²) in [6.07, 6.45) is 5.07. The van der Waals surface area contributed by atoms with Crippen molar-refractivity contribution in [2.75, 3.05) is 10.6 Å². The molecule has 1 heterocycles. The van der Waals surface area contributed by atoms with Gasteiger partial charge in [0, 0.05) is 11.7 Å². The lowest BCUT2D eigenvalue weighted by Gasteiger charge is -2.07. The Hall–Kier alpha value is -2.17. The third-order valence-corrected chi connectivity index (χ3v) is 3.10. The first kappa shape index (κ1) is 11.9. The molecule has 5 nitrogen and oxygen atoms in total. The minimum Gasteiger partial charge on any atom is -0.350 e. The van der Waals surface area contributed by atoms with Gasteiger partial charge in [0.15, 0.2) is 5.82 Å². The molecule has 1 aromatic heterocycles. The van der Waals surface area contributed by atoms with Crippen LogP contribution in [0.25, 0.3) is 0 Å². The van der Waals surface area contributed by atoms with E-state index in [1.165, 1.54) is 18.4 Å². The Kier molecular flexibility index (Phi) is 3.27. The number of nitrogens with zero attached hydrogens (tertiary/aromatic N) is 3. The number of anilines is 3. The molecule has 0 bridgehead atoms. The topological polar surface area (TPSA) is 62.7 Å². The van der Waals surface area contributed by atoms with Crippen LogP contribution in [-0.4, -0.2) is 21.2 Å². The van der Waals surface area contributed by atoms with Gasteiger partial charge in [0.2, 0.25) is 5.95 Å². The predicted molar refractivity (Wildman–Crippen MR) is 75.6 cm³/mol. The summed E-state index contributed by atoms with van der Waals surface area (Å²) in [5, 5.41) is 14.4. The Morgan fingerprint density at radius 1 is 1.21 bits per heavy atom. The standard InChI is InChI=1S/C14H17N5/c1-2-10-3-5-11(6-4-10)16-13-9-15-19-14(18-13)17-12-7-8-12/h3-6,9,12H,2,7-8H2,1H3,(H2,16,17,18,19). The van der Waals surface area contributed by atoms with E-state index in [1.54, 1.807) is 6.20 Å². The molecule has 0 saturated heterocycles. The van der Waals surface area contributed by atoms with Crippen molar-refractivity contribution in [3.63, 3.8) is 0 Å². The van der Waals surface area contributed by atoms with Gasteiger partial charge in [-0.15, -0.1) is 5.10 Å². The first-order chi connectivity index (χ1) is 9.33. The fourth-order valence-corrected chi connectivity index (χ4v) is 1.81. The maximum Gasteiger partial charge on any atom is 0.244 e. The zero-order chi connectivity index (χ0) is 13.1. The molecular formula is C14H17N5. The molecule has 0 aliphatic heterocycles. The van der Waals surface area contributed by atoms with Crippen LogP contribution in [0.1, 0.15) is 25.3 Å². The summed E-state index contributed by atoms with van der Waals surface area (Å²) in [5.41, 5.74) is 2.33. The fourth-order valence-electron chi connectivity index (χ4n) is 1.81. The highest BCUT2D eigenvalue weighted by atomic mass is 15.3. The van der Waals surface area contributed by atoms with Crippen molar-refractivity contribution < 1.29 is 0 Å². The van der Waals surface area contributed by atoms with Crippen molar-refractivity contribution in [2.24, 2.45) is 0 Å². The van der Waals surface area contributed by atoms with Crippen molar-refractivity contribution in [2.45, 2.75) is 32.2 Å². The van der Waals surface area contributed by atoms with E-state index in [-0.39, 0.29) is 0 Å². The summed E-state index contributed by atoms with van der Waals surface area (Å²) in [6, 6.07) is 8.85. The Labute approximate surface area is 112 Å². The smallest absolute Gasteiger partial charge is 0.244 e. The number of nitrogens with one attached hydrogen (secondary N) is 2. The van der Waals surface area contributed by atoms with Crippen LogP contribution in [0.5, 0.6) is 0 Å². The minimum atomic E-state index is 0.529. The van der Waals surface area contributed by atoms with Crippen LogP contribution in [0.2, 0.25) is 0 Å². The normalized spacial score (nSPS) is 14.2. The summed E-state index contributed by atoms with van der Waals surface area (Å²) in [4.78, 5) is 4.39. The lowest BCUT2D eigenvalue weighted by atomic mass is 10.1. The lowest BCUT2D eigenvalue weighted by molar-refractivity contribution is 0.947. The van der Waals surface area contributed by atoms with Gasteiger partial charge >= 0.3 is 0 Å². The quantitative estimate of drug-likeness (QED) is 0.860. The summed E-state index contributed by atoms with van der Waals surface area (Å²) in [5.74, 6) is 1.31. The Bertz CT molecular complexity index is 548. The Morgan fingerprint density at radius 3 is 2.68 bits per heavy atom. The summed E-state index contributed by atoms with van der Waals surface area (Å²) in [7, 11) is 0. The molecule has 0 amide bonds. The first-order valence-corrected chi connectivity index (χ1v) is 6.65.